The van der Waals surface area contributed by atoms with Gasteiger partial charge in [-0.25, -0.2) is 14.8 Å². The minimum Gasteiger partial charge on any atom is -0.472 e. The monoisotopic (exact) mass is 524 g/mol. The molecule has 7 atom stereocenters. The lowest BCUT2D eigenvalue weighted by atomic mass is 9.42. The van der Waals surface area contributed by atoms with E-state index in [1.54, 1.807) is 13.0 Å². The van der Waals surface area contributed by atoms with E-state index in [9.17, 15) is 19.2 Å². The summed E-state index contributed by atoms with van der Waals surface area (Å²) in [4.78, 5) is 61.9. The van der Waals surface area contributed by atoms with Crippen LogP contribution in [0.2, 0.25) is 0 Å². The largest absolute Gasteiger partial charge is 0.472 e. The van der Waals surface area contributed by atoms with Crippen LogP contribution in [0.5, 0.6) is 0 Å². The number of nitrogens with zero attached hydrogens (tertiary/aromatic N) is 2. The molecule has 0 bridgehead atoms. The second-order valence-corrected chi connectivity index (χ2v) is 10.9. The van der Waals surface area contributed by atoms with Gasteiger partial charge in [0, 0.05) is 30.3 Å². The zero-order valence-corrected chi connectivity index (χ0v) is 22.0. The Hall–Kier alpha value is -3.56. The van der Waals surface area contributed by atoms with Gasteiger partial charge in [0.15, 0.2) is 11.9 Å². The third-order valence-corrected chi connectivity index (χ3v) is 9.17. The lowest BCUT2D eigenvalue weighted by Crippen LogP contribution is -2.65. The summed E-state index contributed by atoms with van der Waals surface area (Å²) < 4.78 is 22.0. The molecule has 0 unspecified atom stereocenters. The van der Waals surface area contributed by atoms with Gasteiger partial charge < -0.3 is 18.6 Å². The van der Waals surface area contributed by atoms with E-state index in [2.05, 4.69) is 9.97 Å². The lowest BCUT2D eigenvalue weighted by molar-refractivity contribution is -0.211. The predicted molar refractivity (Wildman–Crippen MR) is 130 cm³/mol. The normalized spacial score (nSPS) is 34.5. The quantitative estimate of drug-likeness (QED) is 0.420. The highest BCUT2D eigenvalue weighted by atomic mass is 16.6. The molecule has 5 rings (SSSR count). The molecule has 0 amide bonds. The van der Waals surface area contributed by atoms with Crippen molar-refractivity contribution in [1.82, 2.24) is 9.97 Å². The molecular weight excluding hydrogens is 492 g/mol. The van der Waals surface area contributed by atoms with Crippen LogP contribution in [0.25, 0.3) is 0 Å². The molecule has 2 aromatic rings. The number of carbonyl (C=O) groups excluding carboxylic acids is 4. The number of hydrogen-bond donors (Lipinski definition) is 0. The Bertz CT molecular complexity index is 1240. The third kappa shape index (κ3) is 4.01. The first kappa shape index (κ1) is 26.1. The van der Waals surface area contributed by atoms with Crippen LogP contribution in [0, 0.1) is 35.5 Å². The van der Waals surface area contributed by atoms with Crippen LogP contribution in [0.1, 0.15) is 73.8 Å². The van der Waals surface area contributed by atoms with Crippen molar-refractivity contribution in [2.45, 2.75) is 65.1 Å². The van der Waals surface area contributed by atoms with Crippen molar-refractivity contribution >= 4 is 23.7 Å². The van der Waals surface area contributed by atoms with Gasteiger partial charge in [-0.15, -0.1) is 0 Å². The maximum atomic E-state index is 14.3. The molecular formula is C28H32N2O8. The van der Waals surface area contributed by atoms with Crippen LogP contribution >= 0.6 is 0 Å². The van der Waals surface area contributed by atoms with Gasteiger partial charge in [-0.1, -0.05) is 13.8 Å². The Morgan fingerprint density at radius 1 is 1.21 bits per heavy atom. The Morgan fingerprint density at radius 2 is 1.95 bits per heavy atom. The van der Waals surface area contributed by atoms with E-state index in [1.165, 1.54) is 32.0 Å². The van der Waals surface area contributed by atoms with Crippen molar-refractivity contribution in [2.24, 2.45) is 28.6 Å². The number of rotatable bonds is 5. The number of aryl methyl sites for hydroxylation is 1. The molecule has 2 aliphatic carbocycles. The highest BCUT2D eigenvalue weighted by molar-refractivity contribution is 5.96. The number of ketones is 1. The van der Waals surface area contributed by atoms with Gasteiger partial charge in [-0.3, -0.25) is 14.4 Å². The van der Waals surface area contributed by atoms with Crippen LogP contribution in [-0.2, 0) is 28.6 Å². The summed E-state index contributed by atoms with van der Waals surface area (Å²) in [5.74, 6) is -3.29. The first-order chi connectivity index (χ1) is 18.1. The molecule has 0 radical (unpaired) electrons. The number of hydrogen-bond acceptors (Lipinski definition) is 10. The number of Topliss-reactive ketones (excluding diaryl/α,β-unsaturated/α-hetero) is 1. The van der Waals surface area contributed by atoms with Crippen molar-refractivity contribution < 1.29 is 37.8 Å². The number of aromatic nitrogens is 2. The van der Waals surface area contributed by atoms with Crippen LogP contribution in [0.15, 0.2) is 35.4 Å². The van der Waals surface area contributed by atoms with Gasteiger partial charge in [-0.05, 0) is 49.5 Å². The fourth-order valence-corrected chi connectivity index (χ4v) is 7.34. The molecule has 1 saturated heterocycles. The summed E-state index contributed by atoms with van der Waals surface area (Å²) in [7, 11) is 1.32. The second kappa shape index (κ2) is 9.63. The zero-order valence-electron chi connectivity index (χ0n) is 22.0. The van der Waals surface area contributed by atoms with Gasteiger partial charge in [0.2, 0.25) is 0 Å². The molecule has 3 fully saturated rings. The average molecular weight is 525 g/mol. The molecule has 10 heteroatoms. The lowest BCUT2D eigenvalue weighted by Gasteiger charge is -2.62. The molecule has 3 aliphatic rings. The standard InChI is InChI=1S/C28H32N2O8/c1-5-28-8-6-18-26(34)38-21(16-7-9-36-14-16)11-27(18,3)23(28)22(31)20(10-19(28)25(33)35-4)37-24(32)17-12-29-15(2)30-13-17/h7,9,12-14,18-21,23H,5-6,8,10-11H2,1-4H3/t18-,19-,20-,21-,23+,27-,28-/m0/s1. The number of methoxy groups -OCH3 is 1. The van der Waals surface area contributed by atoms with Crippen molar-refractivity contribution in [2.75, 3.05) is 7.11 Å². The van der Waals surface area contributed by atoms with Gasteiger partial charge in [0.25, 0.3) is 0 Å². The van der Waals surface area contributed by atoms with Crippen molar-refractivity contribution in [3.8, 4) is 0 Å². The predicted octanol–water partition coefficient (Wildman–Crippen LogP) is 3.78. The van der Waals surface area contributed by atoms with E-state index in [0.29, 0.717) is 37.1 Å². The van der Waals surface area contributed by atoms with Crippen LogP contribution in [0.3, 0.4) is 0 Å². The average Bonchev–Trinajstić information content (AvgIpc) is 3.44. The van der Waals surface area contributed by atoms with Gasteiger partial charge in [-0.2, -0.15) is 0 Å². The number of fused-ring (bicyclic) bond motifs is 3. The summed E-state index contributed by atoms with van der Waals surface area (Å²) in [5.41, 5.74) is -0.767. The van der Waals surface area contributed by atoms with Gasteiger partial charge >= 0.3 is 17.9 Å². The molecule has 1 aliphatic heterocycles. The smallest absolute Gasteiger partial charge is 0.342 e. The maximum Gasteiger partial charge on any atom is 0.342 e. The van der Waals surface area contributed by atoms with E-state index < -0.39 is 52.7 Å². The molecule has 0 N–H and O–H groups in total. The SMILES string of the molecule is CC[C@@]12CC[C@H]3C(=O)O[C@H](c4ccoc4)C[C@]3(C)[C@H]1C(=O)[C@@H](OC(=O)c1cnc(C)nc1)C[C@H]2C(=O)OC. The first-order valence-electron chi connectivity index (χ1n) is 13.0. The molecule has 0 aromatic carbocycles. The third-order valence-electron chi connectivity index (χ3n) is 9.17. The number of carbonyl (C=O) groups is 4. The molecule has 3 heterocycles. The number of ether oxygens (including phenoxy) is 3. The Labute approximate surface area is 220 Å². The maximum absolute atomic E-state index is 14.3. The van der Waals surface area contributed by atoms with Crippen LogP contribution < -0.4 is 0 Å². The summed E-state index contributed by atoms with van der Waals surface area (Å²) in [6.45, 7) is 5.59. The second-order valence-electron chi connectivity index (χ2n) is 10.9. The van der Waals surface area contributed by atoms with Crippen LogP contribution in [0.4, 0.5) is 0 Å². The van der Waals surface area contributed by atoms with Crippen molar-refractivity contribution in [3.05, 3.63) is 47.9 Å². The van der Waals surface area contributed by atoms with E-state index in [0.717, 1.165) is 0 Å². The highest BCUT2D eigenvalue weighted by Crippen LogP contribution is 2.66. The summed E-state index contributed by atoms with van der Waals surface area (Å²) in [6.07, 6.45) is 5.86. The molecule has 38 heavy (non-hydrogen) atoms. The number of esters is 3. The summed E-state index contributed by atoms with van der Waals surface area (Å²) >= 11 is 0. The Morgan fingerprint density at radius 3 is 2.58 bits per heavy atom. The fraction of sp³-hybridized carbons (Fsp3) is 0.571. The minimum absolute atomic E-state index is 0.0185. The first-order valence-corrected chi connectivity index (χ1v) is 13.0. The fourth-order valence-electron chi connectivity index (χ4n) is 7.34. The zero-order chi connectivity index (χ0) is 27.2. The Kier molecular flexibility index (Phi) is 6.61. The molecule has 202 valence electrons. The minimum atomic E-state index is -1.18. The van der Waals surface area contributed by atoms with Gasteiger partial charge in [0.1, 0.15) is 11.9 Å². The van der Waals surface area contributed by atoms with E-state index in [1.807, 2.05) is 13.8 Å². The van der Waals surface area contributed by atoms with E-state index >= 15 is 0 Å². The summed E-state index contributed by atoms with van der Waals surface area (Å²) in [6, 6.07) is 1.74. The van der Waals surface area contributed by atoms with Crippen LogP contribution in [-0.4, -0.2) is 46.9 Å². The molecule has 2 aromatic heterocycles. The van der Waals surface area contributed by atoms with Gasteiger partial charge in [0.05, 0.1) is 37.0 Å². The van der Waals surface area contributed by atoms with E-state index in [-0.39, 0.29) is 23.7 Å². The highest BCUT2D eigenvalue weighted by Gasteiger charge is 2.68. The van der Waals surface area contributed by atoms with Crippen molar-refractivity contribution in [1.29, 1.82) is 0 Å². The topological polar surface area (TPSA) is 135 Å². The van der Waals surface area contributed by atoms with E-state index in [4.69, 9.17) is 18.6 Å². The molecule has 2 saturated carbocycles. The Balaban J connectivity index is 1.56. The number of cyclic esters (lactones) is 1. The number of furan rings is 1. The van der Waals surface area contributed by atoms with Crippen molar-refractivity contribution in [3.63, 3.8) is 0 Å². The molecule has 0 spiro atoms. The summed E-state index contributed by atoms with van der Waals surface area (Å²) in [5, 5.41) is 0. The molecule has 10 nitrogen and oxygen atoms in total.